The largest absolute Gasteiger partial charge is 0.394 e. The van der Waals surface area contributed by atoms with Crippen LogP contribution in [0.3, 0.4) is 0 Å². The summed E-state index contributed by atoms with van der Waals surface area (Å²) in [6.45, 7) is 7.79. The number of likely N-dealkylation sites (tertiary alicyclic amines) is 1. The molecule has 19 heavy (non-hydrogen) atoms. The lowest BCUT2D eigenvalue weighted by molar-refractivity contribution is 0.0709. The molecule has 0 bridgehead atoms. The van der Waals surface area contributed by atoms with E-state index in [0.29, 0.717) is 19.3 Å². The maximum absolute atomic E-state index is 8.72. The van der Waals surface area contributed by atoms with Crippen molar-refractivity contribution in [2.45, 2.75) is 32.7 Å². The van der Waals surface area contributed by atoms with Crippen LogP contribution < -0.4 is 0 Å². The second kappa shape index (κ2) is 7.04. The molecule has 0 saturated carbocycles. The minimum absolute atomic E-state index is 0.112. The van der Waals surface area contributed by atoms with Gasteiger partial charge in [-0.05, 0) is 49.9 Å². The molecule has 1 saturated heterocycles. The Balaban J connectivity index is 2.00. The molecule has 0 aliphatic carbocycles. The summed E-state index contributed by atoms with van der Waals surface area (Å²) in [5.74, 6) is 0. The van der Waals surface area contributed by atoms with E-state index in [4.69, 9.17) is 9.84 Å². The lowest BCUT2D eigenvalue weighted by atomic mass is 9.96. The summed E-state index contributed by atoms with van der Waals surface area (Å²) in [7, 11) is 0. The van der Waals surface area contributed by atoms with E-state index in [-0.39, 0.29) is 6.61 Å². The van der Waals surface area contributed by atoms with Gasteiger partial charge in [-0.15, -0.1) is 0 Å². The number of benzene rings is 1. The number of hydrogen-bond donors (Lipinski definition) is 1. The van der Waals surface area contributed by atoms with Gasteiger partial charge in [-0.1, -0.05) is 18.2 Å². The van der Waals surface area contributed by atoms with E-state index in [1.54, 1.807) is 0 Å². The molecule has 0 aromatic heterocycles. The van der Waals surface area contributed by atoms with Crippen molar-refractivity contribution in [2.24, 2.45) is 0 Å². The molecule has 1 atom stereocenters. The van der Waals surface area contributed by atoms with Crippen molar-refractivity contribution >= 4 is 0 Å². The van der Waals surface area contributed by atoms with Crippen LogP contribution in [0, 0.1) is 13.8 Å². The average molecular weight is 263 g/mol. The number of rotatable bonds is 6. The normalized spacial score (nSPS) is 20.1. The van der Waals surface area contributed by atoms with E-state index in [0.717, 1.165) is 13.1 Å². The predicted octanol–water partition coefficient (Wildman–Crippen LogP) is 2.45. The van der Waals surface area contributed by atoms with Gasteiger partial charge in [-0.25, -0.2) is 0 Å². The second-order valence-electron chi connectivity index (χ2n) is 5.32. The predicted molar refractivity (Wildman–Crippen MR) is 77.4 cm³/mol. The zero-order valence-corrected chi connectivity index (χ0v) is 12.1. The van der Waals surface area contributed by atoms with Gasteiger partial charge in [0.1, 0.15) is 0 Å². The first-order valence-electron chi connectivity index (χ1n) is 7.23. The van der Waals surface area contributed by atoms with E-state index < -0.39 is 0 Å². The minimum atomic E-state index is 0.112. The van der Waals surface area contributed by atoms with Gasteiger partial charge in [0, 0.05) is 12.6 Å². The highest BCUT2D eigenvalue weighted by Crippen LogP contribution is 2.34. The SMILES string of the molecule is Cc1cccc(C2CCCN2CCOCCO)c1C. The number of hydrogen-bond acceptors (Lipinski definition) is 3. The molecule has 2 rings (SSSR count). The summed E-state index contributed by atoms with van der Waals surface area (Å²) in [4.78, 5) is 2.51. The first-order valence-corrected chi connectivity index (χ1v) is 7.23. The van der Waals surface area contributed by atoms with Gasteiger partial charge in [0.25, 0.3) is 0 Å². The lowest BCUT2D eigenvalue weighted by Gasteiger charge is -2.26. The maximum Gasteiger partial charge on any atom is 0.0698 e. The third-order valence-corrected chi connectivity index (χ3v) is 4.13. The van der Waals surface area contributed by atoms with Crippen LogP contribution in [0.5, 0.6) is 0 Å². The fourth-order valence-electron chi connectivity index (χ4n) is 2.93. The Bertz CT molecular complexity index is 406. The van der Waals surface area contributed by atoms with Gasteiger partial charge in [-0.2, -0.15) is 0 Å². The molecule has 1 fully saturated rings. The topological polar surface area (TPSA) is 32.7 Å². The third kappa shape index (κ3) is 3.56. The fourth-order valence-corrected chi connectivity index (χ4v) is 2.93. The summed E-state index contributed by atoms with van der Waals surface area (Å²) < 4.78 is 5.39. The van der Waals surface area contributed by atoms with Crippen molar-refractivity contribution in [2.75, 3.05) is 32.9 Å². The summed E-state index contributed by atoms with van der Waals surface area (Å²) in [6.07, 6.45) is 2.50. The molecule has 0 spiro atoms. The quantitative estimate of drug-likeness (QED) is 0.800. The molecule has 1 N–H and O–H groups in total. The van der Waals surface area contributed by atoms with Crippen molar-refractivity contribution in [3.8, 4) is 0 Å². The van der Waals surface area contributed by atoms with Crippen molar-refractivity contribution in [1.29, 1.82) is 0 Å². The molecule has 1 heterocycles. The smallest absolute Gasteiger partial charge is 0.0698 e. The Morgan fingerprint density at radius 1 is 1.32 bits per heavy atom. The zero-order valence-electron chi connectivity index (χ0n) is 12.1. The van der Waals surface area contributed by atoms with Gasteiger partial charge < -0.3 is 9.84 Å². The molecule has 1 aromatic carbocycles. The number of aryl methyl sites for hydroxylation is 1. The van der Waals surface area contributed by atoms with Crippen molar-refractivity contribution in [1.82, 2.24) is 4.90 Å². The molecule has 106 valence electrons. The summed E-state index contributed by atoms with van der Waals surface area (Å²) in [6, 6.07) is 7.15. The second-order valence-corrected chi connectivity index (χ2v) is 5.32. The van der Waals surface area contributed by atoms with Crippen LogP contribution in [0.2, 0.25) is 0 Å². The number of ether oxygens (including phenoxy) is 1. The Morgan fingerprint density at radius 2 is 2.16 bits per heavy atom. The number of nitrogens with zero attached hydrogens (tertiary/aromatic N) is 1. The van der Waals surface area contributed by atoms with E-state index in [1.165, 1.54) is 29.5 Å². The molecule has 0 amide bonds. The molecule has 1 aliphatic rings. The standard InChI is InChI=1S/C16H25NO2/c1-13-5-3-6-15(14(13)2)16-7-4-8-17(16)9-11-19-12-10-18/h3,5-6,16,18H,4,7-12H2,1-2H3. The summed E-state index contributed by atoms with van der Waals surface area (Å²) in [5.41, 5.74) is 4.27. The summed E-state index contributed by atoms with van der Waals surface area (Å²) >= 11 is 0. The van der Waals surface area contributed by atoms with Crippen LogP contribution in [0.15, 0.2) is 18.2 Å². The zero-order chi connectivity index (χ0) is 13.7. The first-order chi connectivity index (χ1) is 9.24. The lowest BCUT2D eigenvalue weighted by Crippen LogP contribution is -2.28. The Kier molecular flexibility index (Phi) is 5.37. The van der Waals surface area contributed by atoms with Crippen molar-refractivity contribution in [3.05, 3.63) is 34.9 Å². The van der Waals surface area contributed by atoms with E-state index in [2.05, 4.69) is 36.9 Å². The van der Waals surface area contributed by atoms with Crippen molar-refractivity contribution < 1.29 is 9.84 Å². The van der Waals surface area contributed by atoms with Crippen LogP contribution in [0.25, 0.3) is 0 Å². The number of aliphatic hydroxyl groups excluding tert-OH is 1. The van der Waals surface area contributed by atoms with Crippen LogP contribution >= 0.6 is 0 Å². The Morgan fingerprint density at radius 3 is 2.95 bits per heavy atom. The fraction of sp³-hybridized carbons (Fsp3) is 0.625. The van der Waals surface area contributed by atoms with Gasteiger partial charge in [0.05, 0.1) is 19.8 Å². The summed E-state index contributed by atoms with van der Waals surface area (Å²) in [5, 5.41) is 8.72. The minimum Gasteiger partial charge on any atom is -0.394 e. The molecule has 0 radical (unpaired) electrons. The average Bonchev–Trinajstić information content (AvgIpc) is 2.86. The monoisotopic (exact) mass is 263 g/mol. The molecular formula is C16H25NO2. The Hall–Kier alpha value is -0.900. The van der Waals surface area contributed by atoms with E-state index >= 15 is 0 Å². The highest BCUT2D eigenvalue weighted by molar-refractivity contribution is 5.35. The van der Waals surface area contributed by atoms with E-state index in [1.807, 2.05) is 0 Å². The molecule has 1 aliphatic heterocycles. The molecule has 1 aromatic rings. The highest BCUT2D eigenvalue weighted by Gasteiger charge is 2.26. The van der Waals surface area contributed by atoms with Gasteiger partial charge in [0.2, 0.25) is 0 Å². The third-order valence-electron chi connectivity index (χ3n) is 4.13. The van der Waals surface area contributed by atoms with Crippen LogP contribution in [0.1, 0.15) is 35.6 Å². The highest BCUT2D eigenvalue weighted by atomic mass is 16.5. The molecular weight excluding hydrogens is 238 g/mol. The molecule has 3 nitrogen and oxygen atoms in total. The van der Waals surface area contributed by atoms with Crippen LogP contribution in [-0.4, -0.2) is 42.9 Å². The van der Waals surface area contributed by atoms with Gasteiger partial charge in [0.15, 0.2) is 0 Å². The maximum atomic E-state index is 8.72. The van der Waals surface area contributed by atoms with Crippen LogP contribution in [-0.2, 0) is 4.74 Å². The first kappa shape index (κ1) is 14.5. The van der Waals surface area contributed by atoms with Gasteiger partial charge >= 0.3 is 0 Å². The number of aliphatic hydroxyl groups is 1. The van der Waals surface area contributed by atoms with Crippen molar-refractivity contribution in [3.63, 3.8) is 0 Å². The molecule has 3 heteroatoms. The van der Waals surface area contributed by atoms with Gasteiger partial charge in [-0.3, -0.25) is 4.90 Å². The molecule has 1 unspecified atom stereocenters. The Labute approximate surface area is 116 Å². The van der Waals surface area contributed by atoms with Crippen LogP contribution in [0.4, 0.5) is 0 Å². The van der Waals surface area contributed by atoms with E-state index in [9.17, 15) is 0 Å².